The van der Waals surface area contributed by atoms with E-state index in [0.29, 0.717) is 12.3 Å². The van der Waals surface area contributed by atoms with Gasteiger partial charge in [0.1, 0.15) is 6.04 Å². The maximum Gasteiger partial charge on any atom is 0.243 e. The Kier molecular flexibility index (Phi) is 8.69. The highest BCUT2D eigenvalue weighted by atomic mass is 16.3. The molecule has 0 saturated heterocycles. The van der Waals surface area contributed by atoms with Crippen molar-refractivity contribution in [1.29, 1.82) is 0 Å². The van der Waals surface area contributed by atoms with Crippen LogP contribution in [-0.4, -0.2) is 35.6 Å². The SMILES string of the molecule is C=C(N)[C@H](CO)NC(=O)[C@@H](NC(=O)CCC(C)C)C(C)C. The van der Waals surface area contributed by atoms with Crippen molar-refractivity contribution >= 4 is 11.8 Å². The van der Waals surface area contributed by atoms with Crippen molar-refractivity contribution in [2.45, 2.75) is 52.6 Å². The molecule has 6 nitrogen and oxygen atoms in total. The molecule has 122 valence electrons. The van der Waals surface area contributed by atoms with Crippen LogP contribution in [-0.2, 0) is 9.59 Å². The molecule has 0 aliphatic heterocycles. The fourth-order valence-electron chi connectivity index (χ4n) is 1.72. The molecule has 0 aliphatic rings. The molecule has 0 fully saturated rings. The van der Waals surface area contributed by atoms with E-state index in [9.17, 15) is 9.59 Å². The lowest BCUT2D eigenvalue weighted by Gasteiger charge is -2.25. The van der Waals surface area contributed by atoms with Crippen LogP contribution in [0.5, 0.6) is 0 Å². The standard InChI is InChI=1S/C15H29N3O3/c1-9(2)6-7-13(20)18-14(10(3)4)15(21)17-12(8-19)11(5)16/h9-10,12,14,19H,5-8,16H2,1-4H3,(H,17,21)(H,18,20)/t12-,14-/m0/s1. The zero-order valence-electron chi connectivity index (χ0n) is 13.5. The van der Waals surface area contributed by atoms with E-state index >= 15 is 0 Å². The monoisotopic (exact) mass is 299 g/mol. The molecule has 0 rings (SSSR count). The smallest absolute Gasteiger partial charge is 0.243 e. The van der Waals surface area contributed by atoms with Crippen molar-refractivity contribution in [1.82, 2.24) is 10.6 Å². The molecular weight excluding hydrogens is 270 g/mol. The lowest BCUT2D eigenvalue weighted by molar-refractivity contribution is -0.130. The highest BCUT2D eigenvalue weighted by Crippen LogP contribution is 2.07. The largest absolute Gasteiger partial charge is 0.401 e. The predicted molar refractivity (Wildman–Crippen MR) is 83.2 cm³/mol. The van der Waals surface area contributed by atoms with Crippen molar-refractivity contribution in [3.63, 3.8) is 0 Å². The van der Waals surface area contributed by atoms with Crippen molar-refractivity contribution in [2.24, 2.45) is 17.6 Å². The number of hydrogen-bond acceptors (Lipinski definition) is 4. The van der Waals surface area contributed by atoms with Crippen LogP contribution in [0.25, 0.3) is 0 Å². The summed E-state index contributed by atoms with van der Waals surface area (Å²) < 4.78 is 0. The molecule has 0 heterocycles. The van der Waals surface area contributed by atoms with E-state index < -0.39 is 12.1 Å². The highest BCUT2D eigenvalue weighted by molar-refractivity contribution is 5.88. The van der Waals surface area contributed by atoms with Crippen molar-refractivity contribution in [3.05, 3.63) is 12.3 Å². The molecule has 0 aromatic rings. The van der Waals surface area contributed by atoms with Crippen LogP contribution in [0, 0.1) is 11.8 Å². The van der Waals surface area contributed by atoms with Gasteiger partial charge in [-0.2, -0.15) is 0 Å². The summed E-state index contributed by atoms with van der Waals surface area (Å²) in [5.74, 6) is -0.155. The van der Waals surface area contributed by atoms with E-state index in [4.69, 9.17) is 10.8 Å². The van der Waals surface area contributed by atoms with E-state index in [1.807, 2.05) is 27.7 Å². The van der Waals surface area contributed by atoms with Gasteiger partial charge >= 0.3 is 0 Å². The van der Waals surface area contributed by atoms with Gasteiger partial charge in [0.05, 0.1) is 12.6 Å². The number of carbonyl (C=O) groups is 2. The van der Waals surface area contributed by atoms with Crippen LogP contribution in [0.2, 0.25) is 0 Å². The average Bonchev–Trinajstić information content (AvgIpc) is 2.38. The van der Waals surface area contributed by atoms with Crippen LogP contribution in [0.4, 0.5) is 0 Å². The number of aliphatic hydroxyl groups excluding tert-OH is 1. The third-order valence-corrected chi connectivity index (χ3v) is 3.16. The van der Waals surface area contributed by atoms with Crippen molar-refractivity contribution < 1.29 is 14.7 Å². The first-order valence-electron chi connectivity index (χ1n) is 7.33. The maximum absolute atomic E-state index is 12.2. The number of rotatable bonds is 9. The second-order valence-electron chi connectivity index (χ2n) is 6.04. The quantitative estimate of drug-likeness (QED) is 0.498. The molecule has 2 atom stereocenters. The molecular formula is C15H29N3O3. The topological polar surface area (TPSA) is 104 Å². The number of aliphatic hydroxyl groups is 1. The third-order valence-electron chi connectivity index (χ3n) is 3.16. The summed E-state index contributed by atoms with van der Waals surface area (Å²) in [6.07, 6.45) is 1.17. The van der Waals surface area contributed by atoms with Gasteiger partial charge < -0.3 is 21.5 Å². The molecule has 5 N–H and O–H groups in total. The highest BCUT2D eigenvalue weighted by Gasteiger charge is 2.26. The van der Waals surface area contributed by atoms with Crippen molar-refractivity contribution in [3.8, 4) is 0 Å². The first-order chi connectivity index (χ1) is 9.68. The first-order valence-corrected chi connectivity index (χ1v) is 7.33. The minimum absolute atomic E-state index is 0.0709. The molecule has 0 aromatic heterocycles. The minimum atomic E-state index is -0.702. The van der Waals surface area contributed by atoms with Gasteiger partial charge in [-0.3, -0.25) is 9.59 Å². The number of carbonyl (C=O) groups excluding carboxylic acids is 2. The Balaban J connectivity index is 4.63. The number of amides is 2. The summed E-state index contributed by atoms with van der Waals surface area (Å²) >= 11 is 0. The Morgan fingerprint density at radius 1 is 1.19 bits per heavy atom. The molecule has 21 heavy (non-hydrogen) atoms. The molecule has 6 heteroatoms. The Morgan fingerprint density at radius 2 is 1.76 bits per heavy atom. The number of nitrogens with two attached hydrogens (primary N) is 1. The second-order valence-corrected chi connectivity index (χ2v) is 6.04. The normalized spacial score (nSPS) is 13.9. The molecule has 0 aromatic carbocycles. The fraction of sp³-hybridized carbons (Fsp3) is 0.733. The molecule has 0 radical (unpaired) electrons. The predicted octanol–water partition coefficient (Wildman–Crippen LogP) is 0.513. The average molecular weight is 299 g/mol. The maximum atomic E-state index is 12.2. The zero-order chi connectivity index (χ0) is 16.6. The van der Waals surface area contributed by atoms with E-state index in [1.165, 1.54) is 0 Å². The molecule has 0 spiro atoms. The molecule has 0 aliphatic carbocycles. The van der Waals surface area contributed by atoms with Crippen LogP contribution >= 0.6 is 0 Å². The fourth-order valence-corrected chi connectivity index (χ4v) is 1.72. The van der Waals surface area contributed by atoms with Gasteiger partial charge in [0.2, 0.25) is 11.8 Å². The molecule has 2 amide bonds. The number of hydrogen-bond donors (Lipinski definition) is 4. The molecule has 0 unspecified atom stereocenters. The van der Waals surface area contributed by atoms with Gasteiger partial charge in [0.15, 0.2) is 0 Å². The van der Waals surface area contributed by atoms with Crippen molar-refractivity contribution in [2.75, 3.05) is 6.61 Å². The summed E-state index contributed by atoms with van der Waals surface area (Å²) in [7, 11) is 0. The van der Waals surface area contributed by atoms with Gasteiger partial charge in [-0.15, -0.1) is 0 Å². The lowest BCUT2D eigenvalue weighted by Crippen LogP contribution is -2.53. The summed E-state index contributed by atoms with van der Waals surface area (Å²) in [5, 5.41) is 14.5. The van der Waals surface area contributed by atoms with Crippen LogP contribution in [0.3, 0.4) is 0 Å². The zero-order valence-corrected chi connectivity index (χ0v) is 13.5. The molecule has 0 saturated carbocycles. The molecule has 0 bridgehead atoms. The Hall–Kier alpha value is -1.56. The minimum Gasteiger partial charge on any atom is -0.401 e. The second kappa shape index (κ2) is 9.39. The van der Waals surface area contributed by atoms with Crippen LogP contribution in [0.15, 0.2) is 12.3 Å². The summed E-state index contributed by atoms with van der Waals surface area (Å²) in [5.41, 5.74) is 5.68. The third kappa shape index (κ3) is 7.70. The Labute approximate surface area is 127 Å². The van der Waals surface area contributed by atoms with Gasteiger partial charge in [-0.1, -0.05) is 34.3 Å². The summed E-state index contributed by atoms with van der Waals surface area (Å²) in [4.78, 5) is 24.1. The Bertz CT molecular complexity index is 367. The van der Waals surface area contributed by atoms with E-state index in [2.05, 4.69) is 17.2 Å². The lowest BCUT2D eigenvalue weighted by atomic mass is 10.0. The van der Waals surface area contributed by atoms with Gasteiger partial charge in [-0.25, -0.2) is 0 Å². The van der Waals surface area contributed by atoms with Gasteiger partial charge in [0, 0.05) is 12.1 Å². The number of nitrogens with one attached hydrogen (secondary N) is 2. The van der Waals surface area contributed by atoms with Crippen LogP contribution < -0.4 is 16.4 Å². The first kappa shape index (κ1) is 19.4. The Morgan fingerprint density at radius 3 is 2.14 bits per heavy atom. The van der Waals surface area contributed by atoms with Gasteiger partial charge in [-0.05, 0) is 18.3 Å². The van der Waals surface area contributed by atoms with E-state index in [1.54, 1.807) is 0 Å². The summed E-state index contributed by atoms with van der Waals surface area (Å²) in [6.45, 7) is 11.0. The van der Waals surface area contributed by atoms with Crippen LogP contribution in [0.1, 0.15) is 40.5 Å². The van der Waals surface area contributed by atoms with E-state index in [-0.39, 0.29) is 30.0 Å². The summed E-state index contributed by atoms with van der Waals surface area (Å²) in [6, 6.07) is -1.36. The van der Waals surface area contributed by atoms with E-state index in [0.717, 1.165) is 6.42 Å². The van der Waals surface area contributed by atoms with Gasteiger partial charge in [0.25, 0.3) is 0 Å².